The highest BCUT2D eigenvalue weighted by molar-refractivity contribution is 6.46. The molecule has 0 aromatic heterocycles. The number of esters is 1. The molecule has 4 rings (SSSR count). The van der Waals surface area contributed by atoms with Gasteiger partial charge in [-0.1, -0.05) is 45.0 Å². The number of hydrogen-bond acceptors (Lipinski definition) is 5. The van der Waals surface area contributed by atoms with Gasteiger partial charge >= 0.3 is 5.97 Å². The largest absolute Gasteiger partial charge is 0.465 e. The van der Waals surface area contributed by atoms with Crippen LogP contribution in [0, 0.1) is 22.7 Å². The molecule has 0 saturated heterocycles. The summed E-state index contributed by atoms with van der Waals surface area (Å²) in [6.45, 7) is 8.86. The van der Waals surface area contributed by atoms with Gasteiger partial charge in [-0.25, -0.2) is 4.79 Å². The summed E-state index contributed by atoms with van der Waals surface area (Å²) in [6, 6.07) is 16.3. The molecule has 2 aromatic carbocycles. The van der Waals surface area contributed by atoms with E-state index in [2.05, 4.69) is 26.8 Å². The molecule has 0 N–H and O–H groups in total. The fourth-order valence-electron chi connectivity index (χ4n) is 5.54. The number of rotatable bonds is 4. The van der Waals surface area contributed by atoms with Crippen LogP contribution in [0.1, 0.15) is 86.5 Å². The highest BCUT2D eigenvalue weighted by Gasteiger charge is 2.51. The second-order valence-corrected chi connectivity index (χ2v) is 10.7. The van der Waals surface area contributed by atoms with Crippen molar-refractivity contribution in [2.75, 3.05) is 7.11 Å². The number of amides is 1. The van der Waals surface area contributed by atoms with E-state index < -0.39 is 5.66 Å². The lowest BCUT2D eigenvalue weighted by Crippen LogP contribution is -2.50. The molecule has 1 spiro atoms. The summed E-state index contributed by atoms with van der Waals surface area (Å²) in [5.74, 6) is 0.0705. The fourth-order valence-corrected chi connectivity index (χ4v) is 5.54. The molecule has 1 fully saturated rings. The molecule has 0 radical (unpaired) electrons. The molecule has 1 atom stereocenters. The maximum Gasteiger partial charge on any atom is 0.337 e. The van der Waals surface area contributed by atoms with Crippen LogP contribution < -0.4 is 0 Å². The van der Waals surface area contributed by atoms with E-state index in [1.807, 2.05) is 30.0 Å². The monoisotopic (exact) mass is 471 g/mol. The van der Waals surface area contributed by atoms with Crippen molar-refractivity contribution in [3.8, 4) is 6.07 Å². The number of hydrogen-bond donors (Lipinski definition) is 0. The molecule has 2 aliphatic rings. The lowest BCUT2D eigenvalue weighted by Gasteiger charge is -2.46. The van der Waals surface area contributed by atoms with Gasteiger partial charge in [0.05, 0.1) is 30.3 Å². The van der Waals surface area contributed by atoms with Gasteiger partial charge in [-0.05, 0) is 73.8 Å². The van der Waals surface area contributed by atoms with Crippen molar-refractivity contribution in [2.45, 2.75) is 65.1 Å². The number of carbonyl (C=O) groups is 2. The molecule has 182 valence electrons. The average Bonchev–Trinajstić information content (AvgIpc) is 3.14. The van der Waals surface area contributed by atoms with Crippen LogP contribution in [0.4, 0.5) is 0 Å². The van der Waals surface area contributed by atoms with Crippen molar-refractivity contribution in [3.63, 3.8) is 0 Å². The van der Waals surface area contributed by atoms with Gasteiger partial charge in [0.25, 0.3) is 5.91 Å². The molecule has 1 aliphatic carbocycles. The van der Waals surface area contributed by atoms with Gasteiger partial charge < -0.3 is 9.64 Å². The molecule has 35 heavy (non-hydrogen) atoms. The fraction of sp³-hybridized carbons (Fsp3) is 0.448. The van der Waals surface area contributed by atoms with Crippen LogP contribution in [0.25, 0.3) is 0 Å². The molecule has 1 aliphatic heterocycles. The topological polar surface area (TPSA) is 82.8 Å². The first-order valence-corrected chi connectivity index (χ1v) is 12.2. The standard InChI is InChI=1S/C29H33N3O3/c1-19(21-9-11-22(12-10-21)27(34)35-5)32-26(33)25(23-8-6-7-20(17-23)18-30)31-29(32)15-13-24(14-16-29)28(2,3)4/h6-12,17,19,24H,13-16H2,1-5H3/t19-,24?,29?/m1/s1. The lowest BCUT2D eigenvalue weighted by atomic mass is 9.69. The van der Waals surface area contributed by atoms with E-state index in [-0.39, 0.29) is 23.3 Å². The van der Waals surface area contributed by atoms with Crippen LogP contribution in [-0.2, 0) is 9.53 Å². The van der Waals surface area contributed by atoms with Gasteiger partial charge in [-0.2, -0.15) is 5.26 Å². The highest BCUT2D eigenvalue weighted by atomic mass is 16.5. The first-order valence-electron chi connectivity index (χ1n) is 12.2. The maximum absolute atomic E-state index is 13.9. The molecular formula is C29H33N3O3. The Morgan fingerprint density at radius 3 is 2.40 bits per heavy atom. The van der Waals surface area contributed by atoms with E-state index in [1.165, 1.54) is 7.11 Å². The minimum absolute atomic E-state index is 0.112. The molecule has 1 amide bonds. The van der Waals surface area contributed by atoms with Crippen molar-refractivity contribution in [3.05, 3.63) is 70.8 Å². The summed E-state index contributed by atoms with van der Waals surface area (Å²) in [5.41, 5.74) is 2.62. The Morgan fingerprint density at radius 2 is 1.83 bits per heavy atom. The van der Waals surface area contributed by atoms with Crippen LogP contribution in [0.2, 0.25) is 0 Å². The third-order valence-electron chi connectivity index (χ3n) is 7.67. The van der Waals surface area contributed by atoms with Gasteiger partial charge in [0.1, 0.15) is 11.4 Å². The SMILES string of the molecule is COC(=O)c1ccc([C@@H](C)N2C(=O)C(c3cccc(C#N)c3)=NC23CCC(C(C)(C)C)CC3)cc1. The van der Waals surface area contributed by atoms with Crippen LogP contribution in [0.15, 0.2) is 53.5 Å². The van der Waals surface area contributed by atoms with Gasteiger partial charge in [0.15, 0.2) is 0 Å². The molecule has 0 bridgehead atoms. The summed E-state index contributed by atoms with van der Waals surface area (Å²) in [5, 5.41) is 9.37. The minimum Gasteiger partial charge on any atom is -0.465 e. The van der Waals surface area contributed by atoms with Gasteiger partial charge in [0, 0.05) is 5.56 Å². The summed E-state index contributed by atoms with van der Waals surface area (Å²) in [6.07, 6.45) is 3.59. The molecular weight excluding hydrogens is 438 g/mol. The van der Waals surface area contributed by atoms with Gasteiger partial charge in [-0.3, -0.25) is 9.79 Å². The number of nitrogens with zero attached hydrogens (tertiary/aromatic N) is 3. The summed E-state index contributed by atoms with van der Waals surface area (Å²) in [4.78, 5) is 32.9. The van der Waals surface area contributed by atoms with Gasteiger partial charge in [0.2, 0.25) is 0 Å². The van der Waals surface area contributed by atoms with E-state index in [9.17, 15) is 14.9 Å². The van der Waals surface area contributed by atoms with Crippen LogP contribution >= 0.6 is 0 Å². The Bertz CT molecular complexity index is 1190. The second-order valence-electron chi connectivity index (χ2n) is 10.7. The number of carbonyl (C=O) groups excluding carboxylic acids is 2. The Balaban J connectivity index is 1.72. The van der Waals surface area contributed by atoms with E-state index in [4.69, 9.17) is 9.73 Å². The van der Waals surface area contributed by atoms with E-state index in [0.29, 0.717) is 28.3 Å². The lowest BCUT2D eigenvalue weighted by molar-refractivity contribution is -0.132. The van der Waals surface area contributed by atoms with Crippen molar-refractivity contribution in [1.29, 1.82) is 5.26 Å². The predicted molar refractivity (Wildman–Crippen MR) is 135 cm³/mol. The molecule has 6 nitrogen and oxygen atoms in total. The molecule has 2 aromatic rings. The van der Waals surface area contributed by atoms with E-state index >= 15 is 0 Å². The number of nitriles is 1. The minimum atomic E-state index is -0.614. The van der Waals surface area contributed by atoms with Crippen molar-refractivity contribution in [2.24, 2.45) is 16.3 Å². The highest BCUT2D eigenvalue weighted by Crippen LogP contribution is 2.49. The van der Waals surface area contributed by atoms with Crippen molar-refractivity contribution < 1.29 is 14.3 Å². The predicted octanol–water partition coefficient (Wildman–Crippen LogP) is 5.67. The molecule has 0 unspecified atom stereocenters. The van der Waals surface area contributed by atoms with Crippen LogP contribution in [-0.4, -0.2) is 35.3 Å². The van der Waals surface area contributed by atoms with E-state index in [0.717, 1.165) is 31.2 Å². The Labute approximate surface area is 207 Å². The van der Waals surface area contributed by atoms with Crippen molar-refractivity contribution >= 4 is 17.6 Å². The Kier molecular flexibility index (Phi) is 6.55. The third-order valence-corrected chi connectivity index (χ3v) is 7.67. The Morgan fingerprint density at radius 1 is 1.17 bits per heavy atom. The third kappa shape index (κ3) is 4.60. The zero-order chi connectivity index (χ0) is 25.4. The number of ether oxygens (including phenoxy) is 1. The quantitative estimate of drug-likeness (QED) is 0.538. The number of aliphatic imine (C=N–C) groups is 1. The summed E-state index contributed by atoms with van der Waals surface area (Å²) < 4.78 is 4.82. The normalized spacial score (nSPS) is 23.1. The summed E-state index contributed by atoms with van der Waals surface area (Å²) in [7, 11) is 1.36. The first kappa shape index (κ1) is 24.7. The second kappa shape index (κ2) is 9.30. The molecule has 6 heteroatoms. The average molecular weight is 472 g/mol. The zero-order valence-corrected chi connectivity index (χ0v) is 21.2. The smallest absolute Gasteiger partial charge is 0.337 e. The van der Waals surface area contributed by atoms with Crippen LogP contribution in [0.5, 0.6) is 0 Å². The maximum atomic E-state index is 13.9. The zero-order valence-electron chi connectivity index (χ0n) is 21.2. The molecule has 1 saturated carbocycles. The molecule has 1 heterocycles. The number of methoxy groups -OCH3 is 1. The summed E-state index contributed by atoms with van der Waals surface area (Å²) >= 11 is 0. The van der Waals surface area contributed by atoms with Crippen LogP contribution in [0.3, 0.4) is 0 Å². The number of benzene rings is 2. The van der Waals surface area contributed by atoms with Gasteiger partial charge in [-0.15, -0.1) is 0 Å². The first-order chi connectivity index (χ1) is 16.6. The van der Waals surface area contributed by atoms with E-state index in [1.54, 1.807) is 30.3 Å². The Hall–Kier alpha value is -3.46. The van der Waals surface area contributed by atoms with Crippen molar-refractivity contribution in [1.82, 2.24) is 4.90 Å².